The Morgan fingerprint density at radius 1 is 1.05 bits per heavy atom. The van der Waals surface area contributed by atoms with Gasteiger partial charge in [-0.3, -0.25) is 4.98 Å². The van der Waals surface area contributed by atoms with E-state index in [1.165, 1.54) is 11.1 Å². The molecular weight excluding hydrogens is 236 g/mol. The van der Waals surface area contributed by atoms with Crippen molar-refractivity contribution < 1.29 is 4.74 Å². The molecule has 0 unspecified atom stereocenters. The number of hydrogen-bond acceptors (Lipinski definition) is 3. The summed E-state index contributed by atoms with van der Waals surface area (Å²) in [6.45, 7) is 8.60. The first-order valence-corrected chi connectivity index (χ1v) is 6.42. The third-order valence-corrected chi connectivity index (χ3v) is 3.28. The quantitative estimate of drug-likeness (QED) is 0.913. The Hall–Kier alpha value is -1.87. The van der Waals surface area contributed by atoms with Crippen LogP contribution in [0.4, 0.5) is 0 Å². The van der Waals surface area contributed by atoms with Crippen LogP contribution in [0, 0.1) is 27.7 Å². The predicted molar refractivity (Wildman–Crippen MR) is 77.6 cm³/mol. The lowest BCUT2D eigenvalue weighted by Gasteiger charge is -2.14. The average Bonchev–Trinajstić information content (AvgIpc) is 2.35. The van der Waals surface area contributed by atoms with Crippen LogP contribution in [0.25, 0.3) is 0 Å². The molecule has 0 atom stereocenters. The SMILES string of the molecule is Cc1cc(C)c(C)c(Oc2cc(C)ncc2CN)c1. The van der Waals surface area contributed by atoms with E-state index in [0.717, 1.165) is 28.3 Å². The average molecular weight is 256 g/mol. The molecule has 100 valence electrons. The molecule has 0 amide bonds. The van der Waals surface area contributed by atoms with Gasteiger partial charge in [0.15, 0.2) is 0 Å². The Bertz CT molecular complexity index is 606. The van der Waals surface area contributed by atoms with Gasteiger partial charge in [-0.25, -0.2) is 0 Å². The molecule has 1 heterocycles. The van der Waals surface area contributed by atoms with E-state index in [0.29, 0.717) is 6.54 Å². The third-order valence-electron chi connectivity index (χ3n) is 3.28. The Morgan fingerprint density at radius 3 is 2.47 bits per heavy atom. The van der Waals surface area contributed by atoms with E-state index in [2.05, 4.69) is 37.9 Å². The summed E-state index contributed by atoms with van der Waals surface area (Å²) in [5.74, 6) is 1.68. The molecule has 0 aliphatic rings. The summed E-state index contributed by atoms with van der Waals surface area (Å²) < 4.78 is 6.05. The normalized spacial score (nSPS) is 10.6. The van der Waals surface area contributed by atoms with Crippen molar-refractivity contribution in [2.24, 2.45) is 5.73 Å². The summed E-state index contributed by atoms with van der Waals surface area (Å²) >= 11 is 0. The molecule has 0 fully saturated rings. The maximum absolute atomic E-state index is 6.05. The van der Waals surface area contributed by atoms with Crippen LogP contribution in [0.3, 0.4) is 0 Å². The third kappa shape index (κ3) is 2.93. The number of nitrogens with two attached hydrogens (primary N) is 1. The highest BCUT2D eigenvalue weighted by Gasteiger charge is 2.09. The summed E-state index contributed by atoms with van der Waals surface area (Å²) in [5, 5.41) is 0. The van der Waals surface area contributed by atoms with Crippen molar-refractivity contribution in [3.8, 4) is 11.5 Å². The van der Waals surface area contributed by atoms with Crippen molar-refractivity contribution in [2.45, 2.75) is 34.2 Å². The molecule has 2 N–H and O–H groups in total. The predicted octanol–water partition coefficient (Wildman–Crippen LogP) is 3.57. The number of pyridine rings is 1. The molecule has 19 heavy (non-hydrogen) atoms. The summed E-state index contributed by atoms with van der Waals surface area (Å²) in [5.41, 5.74) is 11.2. The smallest absolute Gasteiger partial charge is 0.135 e. The highest BCUT2D eigenvalue weighted by Crippen LogP contribution is 2.30. The number of aromatic nitrogens is 1. The van der Waals surface area contributed by atoms with Crippen molar-refractivity contribution in [2.75, 3.05) is 0 Å². The van der Waals surface area contributed by atoms with Gasteiger partial charge >= 0.3 is 0 Å². The van der Waals surface area contributed by atoms with E-state index < -0.39 is 0 Å². The number of aryl methyl sites for hydroxylation is 3. The first kappa shape index (κ1) is 13.6. The van der Waals surface area contributed by atoms with Crippen LogP contribution in [0.2, 0.25) is 0 Å². The Kier molecular flexibility index (Phi) is 3.86. The second-order valence-electron chi connectivity index (χ2n) is 4.94. The monoisotopic (exact) mass is 256 g/mol. The molecule has 0 aliphatic heterocycles. The second kappa shape index (κ2) is 5.41. The van der Waals surface area contributed by atoms with Crippen molar-refractivity contribution >= 4 is 0 Å². The maximum atomic E-state index is 6.05. The van der Waals surface area contributed by atoms with E-state index >= 15 is 0 Å². The number of benzene rings is 1. The number of ether oxygens (including phenoxy) is 1. The van der Waals surface area contributed by atoms with Gasteiger partial charge in [0.05, 0.1) is 0 Å². The zero-order valence-electron chi connectivity index (χ0n) is 11.9. The van der Waals surface area contributed by atoms with Crippen LogP contribution < -0.4 is 10.5 Å². The van der Waals surface area contributed by atoms with E-state index in [1.54, 1.807) is 6.20 Å². The highest BCUT2D eigenvalue weighted by molar-refractivity contribution is 5.45. The molecule has 0 aliphatic carbocycles. The van der Waals surface area contributed by atoms with Gasteiger partial charge in [-0.2, -0.15) is 0 Å². The fourth-order valence-electron chi connectivity index (χ4n) is 2.04. The van der Waals surface area contributed by atoms with Gasteiger partial charge in [-0.15, -0.1) is 0 Å². The number of hydrogen-bond donors (Lipinski definition) is 1. The van der Waals surface area contributed by atoms with Crippen molar-refractivity contribution in [3.63, 3.8) is 0 Å². The van der Waals surface area contributed by atoms with Gasteiger partial charge in [0.2, 0.25) is 0 Å². The Labute approximate surface area is 114 Å². The van der Waals surface area contributed by atoms with Gasteiger partial charge in [0.25, 0.3) is 0 Å². The molecule has 0 saturated heterocycles. The minimum Gasteiger partial charge on any atom is -0.457 e. The molecule has 2 aromatic rings. The molecule has 1 aromatic heterocycles. The van der Waals surface area contributed by atoms with Crippen LogP contribution in [-0.2, 0) is 6.54 Å². The first-order chi connectivity index (χ1) is 9.01. The Morgan fingerprint density at radius 2 is 1.79 bits per heavy atom. The highest BCUT2D eigenvalue weighted by atomic mass is 16.5. The minimum absolute atomic E-state index is 0.423. The van der Waals surface area contributed by atoms with Gasteiger partial charge in [-0.05, 0) is 50.5 Å². The Balaban J connectivity index is 2.44. The van der Waals surface area contributed by atoms with E-state index in [1.807, 2.05) is 13.0 Å². The van der Waals surface area contributed by atoms with Crippen LogP contribution in [-0.4, -0.2) is 4.98 Å². The van der Waals surface area contributed by atoms with Gasteiger partial charge in [0, 0.05) is 30.1 Å². The lowest BCUT2D eigenvalue weighted by atomic mass is 10.1. The fourth-order valence-corrected chi connectivity index (χ4v) is 2.04. The number of nitrogens with zero attached hydrogens (tertiary/aromatic N) is 1. The lowest BCUT2D eigenvalue weighted by molar-refractivity contribution is 0.470. The summed E-state index contributed by atoms with van der Waals surface area (Å²) in [7, 11) is 0. The molecule has 0 bridgehead atoms. The maximum Gasteiger partial charge on any atom is 0.135 e. The summed E-state index contributed by atoms with van der Waals surface area (Å²) in [6.07, 6.45) is 1.78. The van der Waals surface area contributed by atoms with Gasteiger partial charge < -0.3 is 10.5 Å². The number of rotatable bonds is 3. The molecule has 0 radical (unpaired) electrons. The first-order valence-electron chi connectivity index (χ1n) is 6.42. The molecule has 3 nitrogen and oxygen atoms in total. The summed E-state index contributed by atoms with van der Waals surface area (Å²) in [4.78, 5) is 4.25. The topological polar surface area (TPSA) is 48.1 Å². The van der Waals surface area contributed by atoms with Crippen molar-refractivity contribution in [1.29, 1.82) is 0 Å². The van der Waals surface area contributed by atoms with E-state index in [4.69, 9.17) is 10.5 Å². The molecule has 0 saturated carbocycles. The second-order valence-corrected chi connectivity index (χ2v) is 4.94. The van der Waals surface area contributed by atoms with Crippen molar-refractivity contribution in [1.82, 2.24) is 4.98 Å². The van der Waals surface area contributed by atoms with E-state index in [-0.39, 0.29) is 0 Å². The molecule has 0 spiro atoms. The standard InChI is InChI=1S/C16H20N2O/c1-10-5-11(2)13(4)15(6-10)19-16-7-12(3)18-9-14(16)8-17/h5-7,9H,8,17H2,1-4H3. The molecule has 3 heteroatoms. The van der Waals surface area contributed by atoms with E-state index in [9.17, 15) is 0 Å². The minimum atomic E-state index is 0.423. The largest absolute Gasteiger partial charge is 0.457 e. The van der Waals surface area contributed by atoms with Crippen LogP contribution in [0.1, 0.15) is 27.9 Å². The van der Waals surface area contributed by atoms with Gasteiger partial charge in [-0.1, -0.05) is 6.07 Å². The zero-order valence-corrected chi connectivity index (χ0v) is 11.9. The molecule has 1 aromatic carbocycles. The zero-order chi connectivity index (χ0) is 14.0. The fraction of sp³-hybridized carbons (Fsp3) is 0.312. The van der Waals surface area contributed by atoms with Crippen molar-refractivity contribution in [3.05, 3.63) is 52.3 Å². The van der Waals surface area contributed by atoms with Crippen LogP contribution in [0.15, 0.2) is 24.4 Å². The molecule has 2 rings (SSSR count). The van der Waals surface area contributed by atoms with Gasteiger partial charge in [0.1, 0.15) is 11.5 Å². The lowest BCUT2D eigenvalue weighted by Crippen LogP contribution is -2.02. The summed E-state index contributed by atoms with van der Waals surface area (Å²) in [6, 6.07) is 6.14. The van der Waals surface area contributed by atoms with Crippen LogP contribution >= 0.6 is 0 Å². The molecular formula is C16H20N2O. The van der Waals surface area contributed by atoms with Crippen LogP contribution in [0.5, 0.6) is 11.5 Å².